The molecule has 0 bridgehead atoms. The number of halogens is 1. The summed E-state index contributed by atoms with van der Waals surface area (Å²) in [6, 6.07) is 6.98. The number of nitrogens with one attached hydrogen (secondary N) is 1. The first-order chi connectivity index (χ1) is 13.7. The quantitative estimate of drug-likeness (QED) is 0.690. The maximum atomic E-state index is 14.2. The van der Waals surface area contributed by atoms with Crippen molar-refractivity contribution in [3.05, 3.63) is 51.0 Å². The molecule has 1 atom stereocenters. The topological polar surface area (TPSA) is 88.2 Å². The van der Waals surface area contributed by atoms with Gasteiger partial charge in [0.1, 0.15) is 16.6 Å². The van der Waals surface area contributed by atoms with Crippen molar-refractivity contribution in [1.82, 2.24) is 19.9 Å². The number of aromatic amines is 1. The van der Waals surface area contributed by atoms with Gasteiger partial charge >= 0.3 is 6.09 Å². The van der Waals surface area contributed by atoms with Crippen LogP contribution in [0.25, 0.3) is 10.3 Å². The molecule has 0 unspecified atom stereocenters. The lowest BCUT2D eigenvalue weighted by atomic mass is 10.1. The van der Waals surface area contributed by atoms with Crippen molar-refractivity contribution in [1.29, 1.82) is 0 Å². The van der Waals surface area contributed by atoms with Crippen molar-refractivity contribution in [2.45, 2.75) is 45.3 Å². The Morgan fingerprint density at radius 1 is 1.38 bits per heavy atom. The van der Waals surface area contributed by atoms with E-state index in [-0.39, 0.29) is 17.4 Å². The van der Waals surface area contributed by atoms with Gasteiger partial charge in [-0.25, -0.2) is 19.2 Å². The van der Waals surface area contributed by atoms with E-state index >= 15 is 0 Å². The van der Waals surface area contributed by atoms with Gasteiger partial charge in [-0.15, -0.1) is 0 Å². The number of rotatable bonds is 3. The van der Waals surface area contributed by atoms with Gasteiger partial charge in [-0.2, -0.15) is 0 Å². The van der Waals surface area contributed by atoms with Crippen molar-refractivity contribution in [3.8, 4) is 5.75 Å². The second-order valence-electron chi connectivity index (χ2n) is 7.63. The molecule has 9 heteroatoms. The van der Waals surface area contributed by atoms with E-state index in [1.54, 1.807) is 17.0 Å². The molecule has 2 aromatic heterocycles. The molecular weight excluding hydrogens is 395 g/mol. The molecule has 0 spiro atoms. The highest BCUT2D eigenvalue weighted by atomic mass is 32.1. The summed E-state index contributed by atoms with van der Waals surface area (Å²) in [5.74, 6) is 0.449. The van der Waals surface area contributed by atoms with E-state index in [4.69, 9.17) is 4.74 Å². The third-order valence-corrected chi connectivity index (χ3v) is 5.87. The number of benzene rings is 1. The number of thiazole rings is 1. The molecule has 1 N–H and O–H groups in total. The number of carbonyl (C=O) groups is 1. The molecule has 1 fully saturated rings. The van der Waals surface area contributed by atoms with Gasteiger partial charge in [-0.3, -0.25) is 9.69 Å². The normalized spacial score (nSPS) is 17.1. The van der Waals surface area contributed by atoms with Crippen LogP contribution in [0.4, 0.5) is 9.18 Å². The third kappa shape index (κ3) is 3.87. The predicted octanol–water partition coefficient (Wildman–Crippen LogP) is 4.23. The predicted molar refractivity (Wildman–Crippen MR) is 108 cm³/mol. The summed E-state index contributed by atoms with van der Waals surface area (Å²) < 4.78 is 19.7. The summed E-state index contributed by atoms with van der Waals surface area (Å²) >= 11 is 1.21. The Morgan fingerprint density at radius 3 is 2.90 bits per heavy atom. The van der Waals surface area contributed by atoms with Gasteiger partial charge in [0.05, 0.1) is 6.04 Å². The number of likely N-dealkylation sites (tertiary alicyclic amines) is 1. The highest BCUT2D eigenvalue weighted by Gasteiger charge is 2.34. The summed E-state index contributed by atoms with van der Waals surface area (Å²) in [4.78, 5) is 38.2. The van der Waals surface area contributed by atoms with Crippen molar-refractivity contribution in [2.24, 2.45) is 0 Å². The minimum atomic E-state index is -1.77. The summed E-state index contributed by atoms with van der Waals surface area (Å²) in [6.07, 6.45) is 1.06. The Balaban J connectivity index is 1.63. The van der Waals surface area contributed by atoms with E-state index in [0.717, 1.165) is 12.0 Å². The molecular formula is C20H21FN4O3S. The average molecular weight is 416 g/mol. The summed E-state index contributed by atoms with van der Waals surface area (Å²) in [7, 11) is 0. The second-order valence-corrected chi connectivity index (χ2v) is 8.64. The SMILES string of the molecule is Cc1cccc(OC(=O)N2CCC[C@@H]2c2nc3c(=O)[nH]c(C(C)(C)F)nc3s2)c1. The standard InChI is InChI=1S/C20H21FN4O3S/c1-11-6-4-7-12(10-11)28-19(27)25-9-5-8-13(25)16-22-14-15(26)23-18(20(2,3)21)24-17(14)29-16/h4,6-7,10,13H,5,8-9H2,1-3H3,(H,23,24,26)/t13-/m1/s1. The Bertz CT molecular complexity index is 1130. The lowest BCUT2D eigenvalue weighted by Crippen LogP contribution is -2.33. The van der Waals surface area contributed by atoms with E-state index in [1.165, 1.54) is 25.2 Å². The third-order valence-electron chi connectivity index (χ3n) is 4.82. The van der Waals surface area contributed by atoms with Crippen LogP contribution in [0.5, 0.6) is 5.75 Å². The summed E-state index contributed by atoms with van der Waals surface area (Å²) in [6.45, 7) is 5.13. The molecule has 1 saturated heterocycles. The zero-order chi connectivity index (χ0) is 20.8. The van der Waals surface area contributed by atoms with Gasteiger partial charge in [0.15, 0.2) is 16.0 Å². The number of H-pyrrole nitrogens is 1. The fraction of sp³-hybridized carbons (Fsp3) is 0.400. The average Bonchev–Trinajstić information content (AvgIpc) is 3.27. The number of hydrogen-bond acceptors (Lipinski definition) is 6. The molecule has 152 valence electrons. The smallest absolute Gasteiger partial charge is 0.410 e. The van der Waals surface area contributed by atoms with Crippen LogP contribution in [0, 0.1) is 6.92 Å². The Kier molecular flexibility index (Phi) is 4.85. The van der Waals surface area contributed by atoms with Crippen LogP contribution >= 0.6 is 11.3 Å². The number of carbonyl (C=O) groups excluding carboxylic acids is 1. The number of nitrogens with zero attached hydrogens (tertiary/aromatic N) is 3. The lowest BCUT2D eigenvalue weighted by Gasteiger charge is -2.22. The van der Waals surface area contributed by atoms with Crippen LogP contribution < -0.4 is 10.3 Å². The Labute approximate surface area is 170 Å². The molecule has 0 radical (unpaired) electrons. The number of alkyl halides is 1. The van der Waals surface area contributed by atoms with E-state index in [0.29, 0.717) is 28.6 Å². The molecule has 1 aromatic carbocycles. The molecule has 0 aliphatic carbocycles. The minimum Gasteiger partial charge on any atom is -0.410 e. The summed E-state index contributed by atoms with van der Waals surface area (Å²) in [5.41, 5.74) is -1.09. The molecule has 29 heavy (non-hydrogen) atoms. The summed E-state index contributed by atoms with van der Waals surface area (Å²) in [5, 5.41) is 0.602. The highest BCUT2D eigenvalue weighted by molar-refractivity contribution is 7.18. The zero-order valence-electron chi connectivity index (χ0n) is 16.4. The molecule has 1 amide bonds. The Hall–Kier alpha value is -2.81. The van der Waals surface area contributed by atoms with Crippen LogP contribution in [-0.4, -0.2) is 32.5 Å². The molecule has 1 aliphatic rings. The van der Waals surface area contributed by atoms with Crippen LogP contribution in [0.2, 0.25) is 0 Å². The van der Waals surface area contributed by atoms with Gasteiger partial charge in [0, 0.05) is 6.54 Å². The number of aryl methyl sites for hydroxylation is 1. The molecule has 3 aromatic rings. The monoisotopic (exact) mass is 416 g/mol. The zero-order valence-corrected chi connectivity index (χ0v) is 17.2. The van der Waals surface area contributed by atoms with Gasteiger partial charge in [0.2, 0.25) is 0 Å². The van der Waals surface area contributed by atoms with Gasteiger partial charge in [-0.1, -0.05) is 23.5 Å². The van der Waals surface area contributed by atoms with Crippen molar-refractivity contribution in [3.63, 3.8) is 0 Å². The fourth-order valence-corrected chi connectivity index (χ4v) is 4.44. The first-order valence-corrected chi connectivity index (χ1v) is 10.2. The Morgan fingerprint density at radius 2 is 2.17 bits per heavy atom. The maximum Gasteiger partial charge on any atom is 0.415 e. The number of hydrogen-bond donors (Lipinski definition) is 1. The number of aromatic nitrogens is 3. The fourth-order valence-electron chi connectivity index (χ4n) is 3.35. The van der Waals surface area contributed by atoms with Gasteiger partial charge in [0.25, 0.3) is 5.56 Å². The number of ether oxygens (including phenoxy) is 1. The van der Waals surface area contributed by atoms with E-state index in [9.17, 15) is 14.0 Å². The first-order valence-electron chi connectivity index (χ1n) is 9.37. The van der Waals surface area contributed by atoms with Crippen LogP contribution in [0.1, 0.15) is 49.1 Å². The van der Waals surface area contributed by atoms with Crippen LogP contribution in [-0.2, 0) is 5.67 Å². The molecule has 0 saturated carbocycles. The second kappa shape index (κ2) is 7.22. The van der Waals surface area contributed by atoms with Crippen molar-refractivity contribution < 1.29 is 13.9 Å². The van der Waals surface area contributed by atoms with E-state index in [1.807, 2.05) is 19.1 Å². The largest absolute Gasteiger partial charge is 0.415 e. The van der Waals surface area contributed by atoms with Crippen molar-refractivity contribution >= 4 is 27.8 Å². The van der Waals surface area contributed by atoms with Gasteiger partial charge < -0.3 is 9.72 Å². The van der Waals surface area contributed by atoms with Crippen molar-refractivity contribution in [2.75, 3.05) is 6.54 Å². The van der Waals surface area contributed by atoms with E-state index < -0.39 is 17.3 Å². The molecule has 7 nitrogen and oxygen atoms in total. The van der Waals surface area contributed by atoms with E-state index in [2.05, 4.69) is 15.0 Å². The lowest BCUT2D eigenvalue weighted by molar-refractivity contribution is 0.147. The minimum absolute atomic E-state index is 0.0349. The molecule has 1 aliphatic heterocycles. The molecule has 4 rings (SSSR count). The maximum absolute atomic E-state index is 14.2. The highest BCUT2D eigenvalue weighted by Crippen LogP contribution is 2.36. The first kappa shape index (κ1) is 19.5. The van der Waals surface area contributed by atoms with Crippen LogP contribution in [0.3, 0.4) is 0 Å². The molecule has 3 heterocycles. The van der Waals surface area contributed by atoms with Gasteiger partial charge in [-0.05, 0) is 51.3 Å². The van der Waals surface area contributed by atoms with Crippen LogP contribution in [0.15, 0.2) is 29.1 Å². The number of fused-ring (bicyclic) bond motifs is 1. The number of amides is 1.